The fourth-order valence-electron chi connectivity index (χ4n) is 2.54. The van der Waals surface area contributed by atoms with Crippen molar-refractivity contribution in [1.82, 2.24) is 14.5 Å². The van der Waals surface area contributed by atoms with Crippen LogP contribution in [0.4, 0.5) is 0 Å². The number of nitrogens with zero attached hydrogens (tertiary/aromatic N) is 3. The fraction of sp³-hybridized carbons (Fsp3) is 0.250. The second kappa shape index (κ2) is 8.19. The topological polar surface area (TPSA) is 57.0 Å². The first-order chi connectivity index (χ1) is 12.5. The Morgan fingerprint density at radius 3 is 2.46 bits per heavy atom. The van der Waals surface area contributed by atoms with E-state index in [-0.39, 0.29) is 11.9 Å². The van der Waals surface area contributed by atoms with E-state index in [2.05, 4.69) is 35.9 Å². The number of aromatic nitrogens is 3. The van der Waals surface area contributed by atoms with Gasteiger partial charge >= 0.3 is 12.0 Å². The van der Waals surface area contributed by atoms with Gasteiger partial charge in [0.2, 0.25) is 0 Å². The van der Waals surface area contributed by atoms with E-state index in [4.69, 9.17) is 4.74 Å². The summed E-state index contributed by atoms with van der Waals surface area (Å²) < 4.78 is 7.37. The average molecular weight is 367 g/mol. The maximum atomic E-state index is 11.6. The summed E-state index contributed by atoms with van der Waals surface area (Å²) in [6.45, 7) is 6.13. The van der Waals surface area contributed by atoms with Crippen LogP contribution in [0.15, 0.2) is 64.8 Å². The molecule has 0 saturated heterocycles. The van der Waals surface area contributed by atoms with Gasteiger partial charge < -0.3 is 4.74 Å². The van der Waals surface area contributed by atoms with E-state index in [9.17, 15) is 4.79 Å². The molecular weight excluding hydrogens is 346 g/mol. The highest BCUT2D eigenvalue weighted by molar-refractivity contribution is 7.99. The summed E-state index contributed by atoms with van der Waals surface area (Å²) >= 11 is 1.63. The number of benzene rings is 1. The number of carbonyl (C=O) groups excluding carboxylic acids is 1. The lowest BCUT2D eigenvalue weighted by molar-refractivity contribution is -0.132. The van der Waals surface area contributed by atoms with Crippen molar-refractivity contribution in [1.29, 1.82) is 0 Å². The van der Waals surface area contributed by atoms with Gasteiger partial charge in [-0.3, -0.25) is 14.3 Å². The number of hydrogen-bond acceptors (Lipinski definition) is 5. The Kier molecular flexibility index (Phi) is 5.73. The minimum absolute atomic E-state index is 0.203. The van der Waals surface area contributed by atoms with Gasteiger partial charge in [-0.15, -0.1) is 0 Å². The second-order valence-corrected chi connectivity index (χ2v) is 7.25. The Hall–Kier alpha value is -2.60. The zero-order valence-electron chi connectivity index (χ0n) is 15.0. The van der Waals surface area contributed by atoms with Crippen LogP contribution in [0, 0.1) is 0 Å². The highest BCUT2D eigenvalue weighted by atomic mass is 32.2. The second-order valence-electron chi connectivity index (χ2n) is 6.19. The van der Waals surface area contributed by atoms with Crippen LogP contribution in [-0.4, -0.2) is 20.5 Å². The van der Waals surface area contributed by atoms with Gasteiger partial charge in [-0.25, -0.2) is 0 Å². The monoisotopic (exact) mass is 367 g/mol. The first-order valence-electron chi connectivity index (χ1n) is 8.45. The molecule has 26 heavy (non-hydrogen) atoms. The van der Waals surface area contributed by atoms with Gasteiger partial charge in [0.1, 0.15) is 5.03 Å². The maximum Gasteiger partial charge on any atom is 0.310 e. The summed E-state index contributed by atoms with van der Waals surface area (Å²) in [5.41, 5.74) is 1.99. The molecule has 5 nitrogen and oxygen atoms in total. The average Bonchev–Trinajstić information content (AvgIpc) is 2.94. The van der Waals surface area contributed by atoms with E-state index in [1.165, 1.54) is 6.92 Å². The quantitative estimate of drug-likeness (QED) is 0.599. The van der Waals surface area contributed by atoms with Crippen LogP contribution < -0.4 is 4.74 Å². The van der Waals surface area contributed by atoms with Crippen LogP contribution in [0.5, 0.6) is 6.01 Å². The van der Waals surface area contributed by atoms with Crippen molar-refractivity contribution in [3.8, 4) is 6.01 Å². The predicted molar refractivity (Wildman–Crippen MR) is 102 cm³/mol. The Morgan fingerprint density at radius 1 is 1.15 bits per heavy atom. The van der Waals surface area contributed by atoms with Gasteiger partial charge in [-0.05, 0) is 35.7 Å². The molecule has 0 aliphatic carbocycles. The van der Waals surface area contributed by atoms with E-state index in [0.29, 0.717) is 12.6 Å². The Bertz CT molecular complexity index is 877. The molecule has 0 aliphatic rings. The van der Waals surface area contributed by atoms with Crippen LogP contribution >= 0.6 is 11.8 Å². The number of carbonyl (C=O) groups is 1. The maximum absolute atomic E-state index is 11.6. The van der Waals surface area contributed by atoms with Crippen molar-refractivity contribution >= 4 is 17.7 Å². The third kappa shape index (κ3) is 4.32. The lowest BCUT2D eigenvalue weighted by Gasteiger charge is -2.12. The first kappa shape index (κ1) is 18.2. The summed E-state index contributed by atoms with van der Waals surface area (Å²) in [4.78, 5) is 21.4. The minimum atomic E-state index is -0.377. The highest BCUT2D eigenvalue weighted by Gasteiger charge is 2.22. The minimum Gasteiger partial charge on any atom is -0.392 e. The van der Waals surface area contributed by atoms with Gasteiger partial charge in [0.15, 0.2) is 0 Å². The summed E-state index contributed by atoms with van der Waals surface area (Å²) in [5.74, 6) is -0.174. The zero-order valence-corrected chi connectivity index (χ0v) is 15.9. The van der Waals surface area contributed by atoms with Crippen molar-refractivity contribution in [2.24, 2.45) is 0 Å². The normalized spacial score (nSPS) is 10.9. The van der Waals surface area contributed by atoms with Crippen molar-refractivity contribution in [3.05, 3.63) is 66.1 Å². The van der Waals surface area contributed by atoms with Crippen LogP contribution in [0.25, 0.3) is 0 Å². The molecule has 3 rings (SSSR count). The Morgan fingerprint density at radius 2 is 1.85 bits per heavy atom. The van der Waals surface area contributed by atoms with Crippen LogP contribution in [-0.2, 0) is 11.3 Å². The number of esters is 1. The number of rotatable bonds is 6. The molecule has 0 aliphatic heterocycles. The van der Waals surface area contributed by atoms with Gasteiger partial charge in [-0.2, -0.15) is 4.98 Å². The molecule has 0 amide bonds. The summed E-state index contributed by atoms with van der Waals surface area (Å²) in [7, 11) is 0. The predicted octanol–water partition coefficient (Wildman–Crippen LogP) is 4.53. The molecular formula is C20H21N3O2S. The SMILES string of the molecule is CC(=O)Oc1nc(C(C)C)c(Sc2ccccc2)n1Cc1ccncc1. The standard InChI is InChI=1S/C20H21N3O2S/c1-14(2)18-19(26-17-7-5-4-6-8-17)23(20(22-18)25-15(3)24)13-16-9-11-21-12-10-16/h4-12,14H,13H2,1-3H3. The van der Waals surface area contributed by atoms with Crippen molar-refractivity contribution in [2.75, 3.05) is 0 Å². The van der Waals surface area contributed by atoms with Gasteiger partial charge in [0.25, 0.3) is 0 Å². The largest absolute Gasteiger partial charge is 0.392 e. The van der Waals surface area contributed by atoms with Crippen molar-refractivity contribution < 1.29 is 9.53 Å². The fourth-order valence-corrected chi connectivity index (χ4v) is 3.69. The molecule has 0 N–H and O–H groups in total. The van der Waals surface area contributed by atoms with Crippen LogP contribution in [0.3, 0.4) is 0 Å². The number of pyridine rings is 1. The molecule has 134 valence electrons. The summed E-state index contributed by atoms with van der Waals surface area (Å²) in [6.07, 6.45) is 3.51. The van der Waals surface area contributed by atoms with Crippen molar-refractivity contribution in [2.45, 2.75) is 43.2 Å². The summed E-state index contributed by atoms with van der Waals surface area (Å²) in [6, 6.07) is 14.4. The third-order valence-electron chi connectivity index (χ3n) is 3.74. The molecule has 2 heterocycles. The molecule has 3 aromatic rings. The first-order valence-corrected chi connectivity index (χ1v) is 9.27. The Labute approximate surface area is 157 Å². The van der Waals surface area contributed by atoms with Gasteiger partial charge in [0, 0.05) is 24.2 Å². The summed E-state index contributed by atoms with van der Waals surface area (Å²) in [5, 5.41) is 0.985. The zero-order chi connectivity index (χ0) is 18.5. The molecule has 0 unspecified atom stereocenters. The van der Waals surface area contributed by atoms with Gasteiger partial charge in [0.05, 0.1) is 12.2 Å². The van der Waals surface area contributed by atoms with Crippen molar-refractivity contribution in [3.63, 3.8) is 0 Å². The van der Waals surface area contributed by atoms with Crippen LogP contribution in [0.1, 0.15) is 37.9 Å². The molecule has 0 saturated carbocycles. The van der Waals surface area contributed by atoms with Crippen LogP contribution in [0.2, 0.25) is 0 Å². The molecule has 0 spiro atoms. The number of ether oxygens (including phenoxy) is 1. The Balaban J connectivity index is 2.08. The molecule has 2 aromatic heterocycles. The van der Waals surface area contributed by atoms with E-state index in [1.807, 2.05) is 34.9 Å². The molecule has 0 bridgehead atoms. The number of hydrogen-bond donors (Lipinski definition) is 0. The molecule has 1 aromatic carbocycles. The number of imidazole rings is 1. The molecule has 0 atom stereocenters. The molecule has 0 radical (unpaired) electrons. The highest BCUT2D eigenvalue weighted by Crippen LogP contribution is 2.37. The van der Waals surface area contributed by atoms with E-state index in [1.54, 1.807) is 24.2 Å². The molecule has 6 heteroatoms. The lowest BCUT2D eigenvalue weighted by atomic mass is 10.1. The van der Waals surface area contributed by atoms with E-state index >= 15 is 0 Å². The third-order valence-corrected chi connectivity index (χ3v) is 4.87. The van der Waals surface area contributed by atoms with Gasteiger partial charge in [-0.1, -0.05) is 43.8 Å². The molecule has 0 fully saturated rings. The lowest BCUT2D eigenvalue weighted by Crippen LogP contribution is -2.10. The smallest absolute Gasteiger partial charge is 0.310 e. The van der Waals surface area contributed by atoms with E-state index in [0.717, 1.165) is 21.2 Å². The van der Waals surface area contributed by atoms with E-state index < -0.39 is 0 Å².